The van der Waals surface area contributed by atoms with Gasteiger partial charge in [0.2, 0.25) is 5.95 Å². The highest BCUT2D eigenvalue weighted by molar-refractivity contribution is 5.34. The van der Waals surface area contributed by atoms with Crippen molar-refractivity contribution in [3.05, 3.63) is 42.5 Å². The summed E-state index contributed by atoms with van der Waals surface area (Å²) in [4.78, 5) is 10.7. The molecule has 0 aliphatic carbocycles. The Morgan fingerprint density at radius 1 is 1.10 bits per heavy atom. The first kappa shape index (κ1) is 12.8. The monoisotopic (exact) mass is 274 g/mol. The van der Waals surface area contributed by atoms with Crippen molar-refractivity contribution in [1.82, 2.24) is 15.3 Å². The van der Waals surface area contributed by atoms with Crippen molar-refractivity contribution < 1.29 is 9.13 Å². The van der Waals surface area contributed by atoms with Gasteiger partial charge in [0.15, 0.2) is 5.75 Å². The highest BCUT2D eigenvalue weighted by atomic mass is 19.1. The maximum atomic E-state index is 13.1. The lowest BCUT2D eigenvalue weighted by molar-refractivity contribution is 0.471. The molecule has 6 heteroatoms. The van der Waals surface area contributed by atoms with Crippen LogP contribution in [0.4, 0.5) is 10.3 Å². The van der Waals surface area contributed by atoms with Gasteiger partial charge in [-0.3, -0.25) is 0 Å². The maximum absolute atomic E-state index is 13.1. The van der Waals surface area contributed by atoms with Crippen LogP contribution >= 0.6 is 0 Å². The Hall–Kier alpha value is -2.21. The van der Waals surface area contributed by atoms with Gasteiger partial charge in [-0.2, -0.15) is 0 Å². The number of ether oxygens (including phenoxy) is 1. The average Bonchev–Trinajstić information content (AvgIpc) is 2.49. The van der Waals surface area contributed by atoms with E-state index >= 15 is 0 Å². The standard InChI is InChI=1S/C14H15FN4O/c15-11-2-1-3-12(8-11)20-13-9-17-14(18-10-13)19-6-4-16-5-7-19/h1-3,8-10,16H,4-7H2. The molecule has 0 amide bonds. The molecule has 0 radical (unpaired) electrons. The van der Waals surface area contributed by atoms with Gasteiger partial charge in [-0.15, -0.1) is 0 Å². The zero-order valence-electron chi connectivity index (χ0n) is 10.9. The van der Waals surface area contributed by atoms with E-state index in [9.17, 15) is 4.39 Å². The van der Waals surface area contributed by atoms with E-state index in [1.165, 1.54) is 12.1 Å². The lowest BCUT2D eigenvalue weighted by Crippen LogP contribution is -2.44. The molecule has 0 bridgehead atoms. The molecular formula is C14H15FN4O. The molecule has 1 aliphatic heterocycles. The fraction of sp³-hybridized carbons (Fsp3) is 0.286. The summed E-state index contributed by atoms with van der Waals surface area (Å²) in [7, 11) is 0. The predicted octanol–water partition coefficient (Wildman–Crippen LogP) is 1.82. The van der Waals surface area contributed by atoms with Crippen LogP contribution in [0.2, 0.25) is 0 Å². The predicted molar refractivity (Wildman–Crippen MR) is 73.6 cm³/mol. The van der Waals surface area contributed by atoms with Crippen LogP contribution in [0.1, 0.15) is 0 Å². The minimum Gasteiger partial charge on any atom is -0.454 e. The Balaban J connectivity index is 1.69. The summed E-state index contributed by atoms with van der Waals surface area (Å²) in [6.07, 6.45) is 3.21. The van der Waals surface area contributed by atoms with Crippen LogP contribution in [0.3, 0.4) is 0 Å². The minimum absolute atomic E-state index is 0.333. The summed E-state index contributed by atoms with van der Waals surface area (Å²) in [5, 5.41) is 3.28. The van der Waals surface area contributed by atoms with E-state index < -0.39 is 0 Å². The Morgan fingerprint density at radius 3 is 2.55 bits per heavy atom. The Kier molecular flexibility index (Phi) is 3.73. The first-order valence-electron chi connectivity index (χ1n) is 6.52. The molecule has 3 rings (SSSR count). The van der Waals surface area contributed by atoms with Gasteiger partial charge < -0.3 is 15.0 Å². The molecule has 1 aromatic carbocycles. The van der Waals surface area contributed by atoms with E-state index in [0.717, 1.165) is 26.2 Å². The van der Waals surface area contributed by atoms with Crippen molar-refractivity contribution in [3.8, 4) is 11.5 Å². The van der Waals surface area contributed by atoms with Crippen LogP contribution in [0.15, 0.2) is 36.7 Å². The Bertz CT molecular complexity index is 570. The Labute approximate surface area is 116 Å². The number of aromatic nitrogens is 2. The highest BCUT2D eigenvalue weighted by Crippen LogP contribution is 2.21. The number of nitrogens with zero attached hydrogens (tertiary/aromatic N) is 3. The summed E-state index contributed by atoms with van der Waals surface area (Å²) in [6, 6.07) is 5.98. The van der Waals surface area contributed by atoms with E-state index in [2.05, 4.69) is 20.2 Å². The fourth-order valence-electron chi connectivity index (χ4n) is 2.06. The number of anilines is 1. The van der Waals surface area contributed by atoms with E-state index in [1.54, 1.807) is 24.5 Å². The van der Waals surface area contributed by atoms with Gasteiger partial charge in [0.25, 0.3) is 0 Å². The van der Waals surface area contributed by atoms with Gasteiger partial charge in [-0.25, -0.2) is 14.4 Å². The average molecular weight is 274 g/mol. The third-order valence-electron chi connectivity index (χ3n) is 3.05. The number of hydrogen-bond acceptors (Lipinski definition) is 5. The van der Waals surface area contributed by atoms with Crippen LogP contribution in [0.5, 0.6) is 11.5 Å². The normalized spacial score (nSPS) is 15.2. The Morgan fingerprint density at radius 2 is 1.85 bits per heavy atom. The van der Waals surface area contributed by atoms with Crippen LogP contribution < -0.4 is 15.0 Å². The second-order valence-electron chi connectivity index (χ2n) is 4.52. The van der Waals surface area contributed by atoms with Crippen LogP contribution in [0, 0.1) is 5.82 Å². The van der Waals surface area contributed by atoms with Crippen LogP contribution in [0.25, 0.3) is 0 Å². The summed E-state index contributed by atoms with van der Waals surface area (Å²) >= 11 is 0. The van der Waals surface area contributed by atoms with E-state index in [-0.39, 0.29) is 5.82 Å². The fourth-order valence-corrected chi connectivity index (χ4v) is 2.06. The maximum Gasteiger partial charge on any atom is 0.225 e. The lowest BCUT2D eigenvalue weighted by atomic mass is 10.3. The van der Waals surface area contributed by atoms with Crippen molar-refractivity contribution in [2.24, 2.45) is 0 Å². The minimum atomic E-state index is -0.333. The van der Waals surface area contributed by atoms with Crippen molar-refractivity contribution in [1.29, 1.82) is 0 Å². The molecule has 20 heavy (non-hydrogen) atoms. The number of benzene rings is 1. The lowest BCUT2D eigenvalue weighted by Gasteiger charge is -2.27. The molecule has 0 unspecified atom stereocenters. The van der Waals surface area contributed by atoms with Crippen molar-refractivity contribution in [3.63, 3.8) is 0 Å². The molecule has 1 saturated heterocycles. The van der Waals surface area contributed by atoms with Crippen LogP contribution in [-0.4, -0.2) is 36.1 Å². The van der Waals surface area contributed by atoms with Crippen molar-refractivity contribution in [2.45, 2.75) is 0 Å². The quantitative estimate of drug-likeness (QED) is 0.925. The molecule has 5 nitrogen and oxygen atoms in total. The summed E-state index contributed by atoms with van der Waals surface area (Å²) < 4.78 is 18.6. The molecule has 0 spiro atoms. The third kappa shape index (κ3) is 3.03. The second kappa shape index (κ2) is 5.83. The smallest absolute Gasteiger partial charge is 0.225 e. The van der Waals surface area contributed by atoms with Gasteiger partial charge >= 0.3 is 0 Å². The van der Waals surface area contributed by atoms with Gasteiger partial charge in [0.05, 0.1) is 12.4 Å². The molecule has 1 N–H and O–H groups in total. The first-order chi connectivity index (χ1) is 9.81. The molecule has 1 fully saturated rings. The molecule has 2 heterocycles. The van der Waals surface area contributed by atoms with Crippen LogP contribution in [-0.2, 0) is 0 Å². The molecule has 0 saturated carbocycles. The third-order valence-corrected chi connectivity index (χ3v) is 3.05. The second-order valence-corrected chi connectivity index (χ2v) is 4.52. The number of piperazine rings is 1. The topological polar surface area (TPSA) is 50.3 Å². The van der Waals surface area contributed by atoms with E-state index in [1.807, 2.05) is 0 Å². The summed E-state index contributed by atoms with van der Waals surface area (Å²) in [5.74, 6) is 1.29. The van der Waals surface area contributed by atoms with Crippen molar-refractivity contribution >= 4 is 5.95 Å². The van der Waals surface area contributed by atoms with E-state index in [0.29, 0.717) is 17.4 Å². The SMILES string of the molecule is Fc1cccc(Oc2cnc(N3CCNCC3)nc2)c1. The summed E-state index contributed by atoms with van der Waals surface area (Å²) in [6.45, 7) is 3.66. The van der Waals surface area contributed by atoms with Gasteiger partial charge in [0, 0.05) is 32.2 Å². The summed E-state index contributed by atoms with van der Waals surface area (Å²) in [5.41, 5.74) is 0. The molecule has 1 aromatic heterocycles. The zero-order valence-corrected chi connectivity index (χ0v) is 10.9. The number of hydrogen-bond donors (Lipinski definition) is 1. The van der Waals surface area contributed by atoms with Gasteiger partial charge in [-0.05, 0) is 12.1 Å². The van der Waals surface area contributed by atoms with Crippen molar-refractivity contribution in [2.75, 3.05) is 31.1 Å². The number of nitrogens with one attached hydrogen (secondary N) is 1. The van der Waals surface area contributed by atoms with E-state index in [4.69, 9.17) is 4.74 Å². The first-order valence-corrected chi connectivity index (χ1v) is 6.52. The molecule has 2 aromatic rings. The highest BCUT2D eigenvalue weighted by Gasteiger charge is 2.12. The number of halogens is 1. The molecule has 1 aliphatic rings. The molecular weight excluding hydrogens is 259 g/mol. The van der Waals surface area contributed by atoms with Gasteiger partial charge in [-0.1, -0.05) is 6.07 Å². The van der Waals surface area contributed by atoms with Gasteiger partial charge in [0.1, 0.15) is 11.6 Å². The zero-order chi connectivity index (χ0) is 13.8. The number of rotatable bonds is 3. The molecule has 0 atom stereocenters. The molecule has 104 valence electrons. The largest absolute Gasteiger partial charge is 0.454 e.